The first-order valence-corrected chi connectivity index (χ1v) is 7.64. The number of rotatable bonds is 6. The molecule has 0 aliphatic carbocycles. The SMILES string of the molecule is Cc1ccc(C(=O)O)cc1S(=O)(=O)NC(CO)C(C)C. The molecule has 1 aromatic rings. The topological polar surface area (TPSA) is 104 Å². The summed E-state index contributed by atoms with van der Waals surface area (Å²) in [5, 5.41) is 18.1. The Hall–Kier alpha value is -1.44. The van der Waals surface area contributed by atoms with E-state index < -0.39 is 22.0 Å². The van der Waals surface area contributed by atoms with Crippen LogP contribution in [0.2, 0.25) is 0 Å². The maximum atomic E-state index is 12.3. The van der Waals surface area contributed by atoms with Crippen molar-refractivity contribution < 1.29 is 23.4 Å². The van der Waals surface area contributed by atoms with Gasteiger partial charge in [-0.3, -0.25) is 0 Å². The molecule has 1 aromatic carbocycles. The van der Waals surface area contributed by atoms with Crippen LogP contribution in [0.1, 0.15) is 29.8 Å². The predicted octanol–water partition coefficient (Wildman–Crippen LogP) is 0.988. The van der Waals surface area contributed by atoms with Crippen LogP contribution in [-0.2, 0) is 10.0 Å². The van der Waals surface area contributed by atoms with Gasteiger partial charge in [0.15, 0.2) is 0 Å². The first-order chi connectivity index (χ1) is 9.19. The highest BCUT2D eigenvalue weighted by molar-refractivity contribution is 7.89. The first-order valence-electron chi connectivity index (χ1n) is 6.16. The van der Waals surface area contributed by atoms with E-state index >= 15 is 0 Å². The van der Waals surface area contributed by atoms with E-state index in [1.54, 1.807) is 20.8 Å². The van der Waals surface area contributed by atoms with Crippen LogP contribution in [0.25, 0.3) is 0 Å². The lowest BCUT2D eigenvalue weighted by Gasteiger charge is -2.20. The summed E-state index contributed by atoms with van der Waals surface area (Å²) >= 11 is 0. The van der Waals surface area contributed by atoms with E-state index in [0.717, 1.165) is 6.07 Å². The summed E-state index contributed by atoms with van der Waals surface area (Å²) in [6, 6.07) is 3.30. The maximum Gasteiger partial charge on any atom is 0.335 e. The molecule has 0 aliphatic heterocycles. The zero-order valence-corrected chi connectivity index (χ0v) is 12.4. The summed E-state index contributed by atoms with van der Waals surface area (Å²) in [5.74, 6) is -1.28. The molecule has 0 bridgehead atoms. The summed E-state index contributed by atoms with van der Waals surface area (Å²) < 4.78 is 27.0. The van der Waals surface area contributed by atoms with Gasteiger partial charge in [-0.25, -0.2) is 17.9 Å². The number of hydrogen-bond acceptors (Lipinski definition) is 4. The molecule has 6 nitrogen and oxygen atoms in total. The van der Waals surface area contributed by atoms with Crippen LogP contribution in [0.15, 0.2) is 23.1 Å². The first kappa shape index (κ1) is 16.6. The van der Waals surface area contributed by atoms with Crippen LogP contribution in [-0.4, -0.2) is 37.2 Å². The predicted molar refractivity (Wildman–Crippen MR) is 74.2 cm³/mol. The standard InChI is InChI=1S/C13H19NO5S/c1-8(2)11(7-15)14-20(18,19)12-6-10(13(16)17)5-4-9(12)3/h4-6,8,11,14-15H,7H2,1-3H3,(H,16,17). The molecule has 0 amide bonds. The molecule has 7 heteroatoms. The number of aliphatic hydroxyl groups excluding tert-OH is 1. The highest BCUT2D eigenvalue weighted by atomic mass is 32.2. The van der Waals surface area contributed by atoms with Crippen LogP contribution >= 0.6 is 0 Å². The number of hydrogen-bond donors (Lipinski definition) is 3. The van der Waals surface area contributed by atoms with E-state index in [0.29, 0.717) is 5.56 Å². The quantitative estimate of drug-likeness (QED) is 0.727. The van der Waals surface area contributed by atoms with Gasteiger partial charge in [0, 0.05) is 6.04 Å². The Bertz CT molecular complexity index is 595. The third kappa shape index (κ3) is 3.78. The average molecular weight is 301 g/mol. The Morgan fingerprint density at radius 3 is 2.40 bits per heavy atom. The van der Waals surface area contributed by atoms with E-state index in [9.17, 15) is 18.3 Å². The van der Waals surface area contributed by atoms with Gasteiger partial charge in [0.25, 0.3) is 0 Å². The van der Waals surface area contributed by atoms with Crippen molar-refractivity contribution in [2.24, 2.45) is 5.92 Å². The van der Waals surface area contributed by atoms with Gasteiger partial charge in [0.2, 0.25) is 10.0 Å². The molecule has 1 atom stereocenters. The number of carboxylic acid groups (broad SMARTS) is 1. The Labute approximate surface area is 118 Å². The van der Waals surface area contributed by atoms with E-state index in [4.69, 9.17) is 5.11 Å². The molecular formula is C13H19NO5S. The number of aromatic carboxylic acids is 1. The number of aryl methyl sites for hydroxylation is 1. The number of sulfonamides is 1. The second kappa shape index (κ2) is 6.34. The average Bonchev–Trinajstić information content (AvgIpc) is 2.35. The maximum absolute atomic E-state index is 12.3. The molecule has 0 saturated carbocycles. The van der Waals surface area contributed by atoms with E-state index in [2.05, 4.69) is 4.72 Å². The lowest BCUT2D eigenvalue weighted by atomic mass is 10.1. The van der Waals surface area contributed by atoms with E-state index in [1.807, 2.05) is 0 Å². The van der Waals surface area contributed by atoms with Crippen LogP contribution in [0.3, 0.4) is 0 Å². The molecule has 0 saturated heterocycles. The van der Waals surface area contributed by atoms with E-state index in [-0.39, 0.29) is 23.0 Å². The van der Waals surface area contributed by atoms with Crippen molar-refractivity contribution in [3.05, 3.63) is 29.3 Å². The third-order valence-corrected chi connectivity index (χ3v) is 4.66. The summed E-state index contributed by atoms with van der Waals surface area (Å²) in [5.41, 5.74) is 0.351. The van der Waals surface area contributed by atoms with Crippen LogP contribution in [0.5, 0.6) is 0 Å². The van der Waals surface area contributed by atoms with Crippen molar-refractivity contribution in [1.29, 1.82) is 0 Å². The van der Waals surface area contributed by atoms with Crippen LogP contribution in [0, 0.1) is 12.8 Å². The number of carbonyl (C=O) groups is 1. The minimum Gasteiger partial charge on any atom is -0.478 e. The molecule has 0 fully saturated rings. The number of aliphatic hydroxyl groups is 1. The van der Waals surface area contributed by atoms with Gasteiger partial charge in [-0.15, -0.1) is 0 Å². The van der Waals surface area contributed by atoms with Gasteiger partial charge in [-0.2, -0.15) is 0 Å². The Morgan fingerprint density at radius 1 is 1.35 bits per heavy atom. The van der Waals surface area contributed by atoms with Crippen molar-refractivity contribution in [2.45, 2.75) is 31.7 Å². The summed E-state index contributed by atoms with van der Waals surface area (Å²) in [6.07, 6.45) is 0. The number of carboxylic acids is 1. The van der Waals surface area contributed by atoms with Gasteiger partial charge in [-0.05, 0) is 30.5 Å². The molecule has 0 aliphatic rings. The smallest absolute Gasteiger partial charge is 0.335 e. The molecule has 112 valence electrons. The van der Waals surface area contributed by atoms with Crippen molar-refractivity contribution in [1.82, 2.24) is 4.72 Å². The molecular weight excluding hydrogens is 282 g/mol. The minimum absolute atomic E-state index is 0.0854. The summed E-state index contributed by atoms with van der Waals surface area (Å²) in [7, 11) is -3.88. The lowest BCUT2D eigenvalue weighted by Crippen LogP contribution is -2.41. The second-order valence-electron chi connectivity index (χ2n) is 4.94. The zero-order valence-electron chi connectivity index (χ0n) is 11.6. The molecule has 0 aromatic heterocycles. The second-order valence-corrected chi connectivity index (χ2v) is 6.62. The summed E-state index contributed by atoms with van der Waals surface area (Å²) in [6.45, 7) is 4.83. The van der Waals surface area contributed by atoms with Gasteiger partial charge in [-0.1, -0.05) is 19.9 Å². The van der Waals surface area contributed by atoms with Gasteiger partial charge >= 0.3 is 5.97 Å². The molecule has 1 rings (SSSR count). The highest BCUT2D eigenvalue weighted by Gasteiger charge is 2.24. The van der Waals surface area contributed by atoms with Crippen molar-refractivity contribution in [3.63, 3.8) is 0 Å². The van der Waals surface area contributed by atoms with Crippen molar-refractivity contribution >= 4 is 16.0 Å². The van der Waals surface area contributed by atoms with Crippen molar-refractivity contribution in [3.8, 4) is 0 Å². The van der Waals surface area contributed by atoms with E-state index in [1.165, 1.54) is 12.1 Å². The zero-order chi connectivity index (χ0) is 15.5. The van der Waals surface area contributed by atoms with Crippen molar-refractivity contribution in [2.75, 3.05) is 6.61 Å². The molecule has 0 heterocycles. The molecule has 3 N–H and O–H groups in total. The monoisotopic (exact) mass is 301 g/mol. The molecule has 20 heavy (non-hydrogen) atoms. The van der Waals surface area contributed by atoms with Gasteiger partial charge in [0.05, 0.1) is 17.1 Å². The van der Waals surface area contributed by atoms with Gasteiger partial charge < -0.3 is 10.2 Å². The van der Waals surface area contributed by atoms with Crippen LogP contribution < -0.4 is 4.72 Å². The molecule has 0 spiro atoms. The third-order valence-electron chi connectivity index (χ3n) is 3.03. The Balaban J connectivity index is 3.21. The molecule has 0 radical (unpaired) electrons. The highest BCUT2D eigenvalue weighted by Crippen LogP contribution is 2.18. The van der Waals surface area contributed by atoms with Crippen LogP contribution in [0.4, 0.5) is 0 Å². The fourth-order valence-corrected chi connectivity index (χ4v) is 3.32. The minimum atomic E-state index is -3.88. The Morgan fingerprint density at radius 2 is 1.95 bits per heavy atom. The number of nitrogens with one attached hydrogen (secondary N) is 1. The largest absolute Gasteiger partial charge is 0.478 e. The van der Waals surface area contributed by atoms with Gasteiger partial charge in [0.1, 0.15) is 0 Å². The lowest BCUT2D eigenvalue weighted by molar-refractivity contribution is 0.0696. The summed E-state index contributed by atoms with van der Waals surface area (Å²) in [4.78, 5) is 10.8. The fourth-order valence-electron chi connectivity index (χ4n) is 1.67. The molecule has 1 unspecified atom stereocenters. The normalized spacial score (nSPS) is 13.4. The fraction of sp³-hybridized carbons (Fsp3) is 0.462. The number of benzene rings is 1. The Kier molecular flexibility index (Phi) is 5.27.